The third-order valence-electron chi connectivity index (χ3n) is 4.29. The van der Waals surface area contributed by atoms with Crippen LogP contribution in [0.2, 0.25) is 0 Å². The predicted molar refractivity (Wildman–Crippen MR) is 94.6 cm³/mol. The summed E-state index contributed by atoms with van der Waals surface area (Å²) >= 11 is 1.74. The Bertz CT molecular complexity index is 717. The van der Waals surface area contributed by atoms with E-state index in [1.165, 1.54) is 43.4 Å². The van der Waals surface area contributed by atoms with Gasteiger partial charge in [0, 0.05) is 17.6 Å². The predicted octanol–water partition coefficient (Wildman–Crippen LogP) is 5.29. The molecule has 0 amide bonds. The quantitative estimate of drug-likeness (QED) is 0.683. The molecule has 1 heterocycles. The second kappa shape index (κ2) is 7.10. The van der Waals surface area contributed by atoms with Crippen molar-refractivity contribution in [2.45, 2.75) is 52.5 Å². The van der Waals surface area contributed by atoms with Crippen molar-refractivity contribution >= 4 is 17.0 Å². The van der Waals surface area contributed by atoms with Gasteiger partial charge in [-0.05, 0) is 58.1 Å². The minimum Gasteiger partial charge on any atom is -0.321 e. The summed E-state index contributed by atoms with van der Waals surface area (Å²) in [7, 11) is 0. The van der Waals surface area contributed by atoms with Gasteiger partial charge in [-0.25, -0.2) is 4.99 Å². The molecule has 0 bridgehead atoms. The van der Waals surface area contributed by atoms with Gasteiger partial charge in [-0.15, -0.1) is 11.3 Å². The van der Waals surface area contributed by atoms with E-state index < -0.39 is 0 Å². The molecule has 0 saturated heterocycles. The van der Waals surface area contributed by atoms with E-state index in [-0.39, 0.29) is 0 Å². The van der Waals surface area contributed by atoms with Crippen molar-refractivity contribution in [3.63, 3.8) is 0 Å². The molecule has 1 aliphatic carbocycles. The molecule has 0 atom stereocenters. The van der Waals surface area contributed by atoms with Crippen LogP contribution in [-0.2, 0) is 6.54 Å². The Hall–Kier alpha value is -1.61. The maximum atomic E-state index is 4.83. The van der Waals surface area contributed by atoms with Gasteiger partial charge in [-0.2, -0.15) is 0 Å². The van der Waals surface area contributed by atoms with Crippen molar-refractivity contribution in [1.29, 1.82) is 0 Å². The number of aromatic nitrogens is 1. The van der Waals surface area contributed by atoms with Gasteiger partial charge in [0.25, 0.3) is 0 Å². The van der Waals surface area contributed by atoms with E-state index in [9.17, 15) is 0 Å². The van der Waals surface area contributed by atoms with Crippen LogP contribution in [0.4, 0.5) is 5.69 Å². The van der Waals surface area contributed by atoms with Gasteiger partial charge in [0.05, 0.1) is 5.69 Å². The summed E-state index contributed by atoms with van der Waals surface area (Å²) in [5.74, 6) is 0. The third kappa shape index (κ3) is 3.77. The van der Waals surface area contributed by atoms with Crippen LogP contribution in [0.1, 0.15) is 43.4 Å². The van der Waals surface area contributed by atoms with Crippen LogP contribution in [0.15, 0.2) is 46.3 Å². The molecular formula is C19H24N2S. The van der Waals surface area contributed by atoms with E-state index in [2.05, 4.69) is 54.1 Å². The Balaban J connectivity index is 1.81. The first-order valence-corrected chi connectivity index (χ1v) is 9.04. The summed E-state index contributed by atoms with van der Waals surface area (Å²) in [5, 5.41) is 2.21. The lowest BCUT2D eigenvalue weighted by Gasteiger charge is -2.13. The van der Waals surface area contributed by atoms with E-state index >= 15 is 0 Å². The first kappa shape index (κ1) is 15.3. The first-order chi connectivity index (χ1) is 10.7. The van der Waals surface area contributed by atoms with Crippen LogP contribution in [-0.4, -0.2) is 4.57 Å². The van der Waals surface area contributed by atoms with Crippen molar-refractivity contribution in [3.8, 4) is 0 Å². The lowest BCUT2D eigenvalue weighted by atomic mass is 9.97. The first-order valence-electron chi connectivity index (χ1n) is 8.16. The summed E-state index contributed by atoms with van der Waals surface area (Å²) in [6.07, 6.45) is 8.89. The standard InChI is InChI=1S/C19H24N2S/c1-15-8-10-18(11-9-15)20-19-21(16(2)14-22-19)13-12-17-6-4-3-5-7-17/h6,8-11,14H,3-5,7,12-13H2,1-2H3. The van der Waals surface area contributed by atoms with Crippen LogP contribution < -0.4 is 4.80 Å². The molecule has 0 N–H and O–H groups in total. The molecular weight excluding hydrogens is 288 g/mol. The molecule has 0 fully saturated rings. The Morgan fingerprint density at radius 3 is 2.68 bits per heavy atom. The zero-order chi connectivity index (χ0) is 15.4. The molecule has 1 aliphatic rings. The van der Waals surface area contributed by atoms with Gasteiger partial charge in [-0.3, -0.25) is 0 Å². The van der Waals surface area contributed by atoms with Gasteiger partial charge in [-0.1, -0.05) is 29.3 Å². The molecule has 0 radical (unpaired) electrons. The molecule has 0 saturated carbocycles. The van der Waals surface area contributed by atoms with Crippen molar-refractivity contribution in [3.05, 3.63) is 57.4 Å². The number of aryl methyl sites for hydroxylation is 2. The van der Waals surface area contributed by atoms with Crippen molar-refractivity contribution in [2.24, 2.45) is 4.99 Å². The maximum absolute atomic E-state index is 4.83. The molecule has 3 rings (SSSR count). The smallest absolute Gasteiger partial charge is 0.190 e. The molecule has 0 aliphatic heterocycles. The highest BCUT2D eigenvalue weighted by atomic mass is 32.1. The summed E-state index contributed by atoms with van der Waals surface area (Å²) in [5.41, 5.74) is 5.26. The fraction of sp³-hybridized carbons (Fsp3) is 0.421. The monoisotopic (exact) mass is 312 g/mol. The van der Waals surface area contributed by atoms with Crippen molar-refractivity contribution < 1.29 is 0 Å². The van der Waals surface area contributed by atoms with E-state index in [4.69, 9.17) is 4.99 Å². The van der Waals surface area contributed by atoms with Gasteiger partial charge in [0.2, 0.25) is 0 Å². The number of nitrogens with zero attached hydrogens (tertiary/aromatic N) is 2. The second-order valence-corrected chi connectivity index (χ2v) is 6.95. The molecule has 0 unspecified atom stereocenters. The second-order valence-electron chi connectivity index (χ2n) is 6.12. The van der Waals surface area contributed by atoms with Crippen LogP contribution in [0, 0.1) is 13.8 Å². The molecule has 22 heavy (non-hydrogen) atoms. The number of hydrogen-bond acceptors (Lipinski definition) is 2. The highest BCUT2D eigenvalue weighted by Gasteiger charge is 2.06. The van der Waals surface area contributed by atoms with Crippen molar-refractivity contribution in [1.82, 2.24) is 4.57 Å². The summed E-state index contributed by atoms with van der Waals surface area (Å²) < 4.78 is 2.36. The lowest BCUT2D eigenvalue weighted by Crippen LogP contribution is -2.16. The van der Waals surface area contributed by atoms with E-state index in [1.807, 2.05) is 0 Å². The lowest BCUT2D eigenvalue weighted by molar-refractivity contribution is 0.608. The molecule has 0 spiro atoms. The van der Waals surface area contributed by atoms with E-state index in [1.54, 1.807) is 16.9 Å². The Morgan fingerprint density at radius 2 is 1.95 bits per heavy atom. The molecule has 116 valence electrons. The zero-order valence-electron chi connectivity index (χ0n) is 13.5. The fourth-order valence-corrected chi connectivity index (χ4v) is 3.82. The average molecular weight is 312 g/mol. The SMILES string of the molecule is Cc1ccc(N=c2scc(C)n2CCC2=CCCCC2)cc1. The number of rotatable bonds is 4. The van der Waals surface area contributed by atoms with Gasteiger partial charge in [0.15, 0.2) is 4.80 Å². The molecule has 1 aromatic carbocycles. The van der Waals surface area contributed by atoms with Crippen LogP contribution in [0.25, 0.3) is 0 Å². The van der Waals surface area contributed by atoms with Gasteiger partial charge < -0.3 is 4.57 Å². The summed E-state index contributed by atoms with van der Waals surface area (Å²) in [4.78, 5) is 5.94. The zero-order valence-corrected chi connectivity index (χ0v) is 14.3. The topological polar surface area (TPSA) is 17.3 Å². The summed E-state index contributed by atoms with van der Waals surface area (Å²) in [6, 6.07) is 8.43. The normalized spacial score (nSPS) is 15.9. The number of allylic oxidation sites excluding steroid dienone is 2. The Labute approximate surface area is 136 Å². The number of hydrogen-bond donors (Lipinski definition) is 0. The molecule has 2 aromatic rings. The number of thiazole rings is 1. The fourth-order valence-electron chi connectivity index (χ4n) is 2.89. The number of benzene rings is 1. The Kier molecular flexibility index (Phi) is 4.94. The van der Waals surface area contributed by atoms with Crippen LogP contribution in [0.3, 0.4) is 0 Å². The minimum absolute atomic E-state index is 1.04. The average Bonchev–Trinajstić information content (AvgIpc) is 2.89. The van der Waals surface area contributed by atoms with Crippen LogP contribution >= 0.6 is 11.3 Å². The molecule has 2 nitrogen and oxygen atoms in total. The highest BCUT2D eigenvalue weighted by molar-refractivity contribution is 7.07. The molecule has 1 aromatic heterocycles. The minimum atomic E-state index is 1.04. The maximum Gasteiger partial charge on any atom is 0.190 e. The summed E-state index contributed by atoms with van der Waals surface area (Å²) in [6.45, 7) is 5.34. The van der Waals surface area contributed by atoms with Gasteiger partial charge >= 0.3 is 0 Å². The van der Waals surface area contributed by atoms with E-state index in [0.717, 1.165) is 17.0 Å². The molecule has 3 heteroatoms. The van der Waals surface area contributed by atoms with E-state index in [0.29, 0.717) is 0 Å². The largest absolute Gasteiger partial charge is 0.321 e. The van der Waals surface area contributed by atoms with Crippen LogP contribution in [0.5, 0.6) is 0 Å². The third-order valence-corrected chi connectivity index (χ3v) is 5.27. The van der Waals surface area contributed by atoms with Gasteiger partial charge in [0.1, 0.15) is 0 Å². The van der Waals surface area contributed by atoms with Crippen molar-refractivity contribution in [2.75, 3.05) is 0 Å². The Morgan fingerprint density at radius 1 is 1.14 bits per heavy atom. The highest BCUT2D eigenvalue weighted by Crippen LogP contribution is 2.21.